The quantitative estimate of drug-likeness (QED) is 0.283. The van der Waals surface area contributed by atoms with Gasteiger partial charge in [-0.15, -0.1) is 0 Å². The Morgan fingerprint density at radius 3 is 2.40 bits per heavy atom. The Labute approximate surface area is 255 Å². The van der Waals surface area contributed by atoms with Gasteiger partial charge in [-0.3, -0.25) is 14.5 Å². The number of rotatable bonds is 1. The second-order valence-corrected chi connectivity index (χ2v) is 15.6. The number of aromatic nitrogens is 3. The van der Waals surface area contributed by atoms with E-state index in [4.69, 9.17) is 15.0 Å². The van der Waals surface area contributed by atoms with Crippen molar-refractivity contribution in [3.05, 3.63) is 71.2 Å². The highest BCUT2D eigenvalue weighted by Gasteiger charge is 2.43. The SMILES string of the molecule is C[C@H]1CC(c2ccc(C(C)(C)C)cn2)Nc2cccc(n2)SNC(=O)c2ccc(C(C)(C)C)nc2N2C[C@@H]1CC2(C)C. The lowest BCUT2D eigenvalue weighted by atomic mass is 9.83. The van der Waals surface area contributed by atoms with Gasteiger partial charge in [0, 0.05) is 41.3 Å². The molecule has 42 heavy (non-hydrogen) atoms. The van der Waals surface area contributed by atoms with Crippen molar-refractivity contribution in [2.24, 2.45) is 11.8 Å². The monoisotopic (exact) mass is 586 g/mol. The maximum atomic E-state index is 13.6. The summed E-state index contributed by atoms with van der Waals surface area (Å²) in [6, 6.07) is 14.2. The van der Waals surface area contributed by atoms with Crippen LogP contribution in [0.1, 0.15) is 109 Å². The van der Waals surface area contributed by atoms with E-state index in [1.807, 2.05) is 36.5 Å². The van der Waals surface area contributed by atoms with Gasteiger partial charge in [0.1, 0.15) is 16.7 Å². The van der Waals surface area contributed by atoms with Crippen molar-refractivity contribution in [2.45, 2.75) is 103 Å². The Kier molecular flexibility index (Phi) is 8.07. The lowest BCUT2D eigenvalue weighted by Gasteiger charge is -2.34. The predicted octanol–water partition coefficient (Wildman–Crippen LogP) is 7.70. The third-order valence-electron chi connectivity index (χ3n) is 8.77. The van der Waals surface area contributed by atoms with E-state index < -0.39 is 0 Å². The van der Waals surface area contributed by atoms with Crippen molar-refractivity contribution >= 4 is 29.5 Å². The molecule has 3 aromatic heterocycles. The van der Waals surface area contributed by atoms with E-state index in [0.29, 0.717) is 22.4 Å². The standard InChI is InChI=1S/C34H46N6OS/c1-21-17-26(25-15-13-23(19-35-25)32(2,3)4)36-28-11-10-12-29(38-28)42-39-31(41)24-14-16-27(33(5,6)7)37-30(24)40-20-22(21)18-34(40,8)9/h10-16,19,21-22,26H,17-18,20H2,1-9H3,(H,36,38)(H,39,41)/t21-,22-,26?/m0/s1. The molecule has 3 aromatic rings. The molecule has 7 nitrogen and oxygen atoms in total. The van der Waals surface area contributed by atoms with Gasteiger partial charge >= 0.3 is 0 Å². The summed E-state index contributed by atoms with van der Waals surface area (Å²) < 4.78 is 3.04. The predicted molar refractivity (Wildman–Crippen MR) is 173 cm³/mol. The molecule has 1 amide bonds. The van der Waals surface area contributed by atoms with E-state index in [-0.39, 0.29) is 28.3 Å². The first-order valence-electron chi connectivity index (χ1n) is 15.1. The van der Waals surface area contributed by atoms with Crippen LogP contribution in [0.15, 0.2) is 53.7 Å². The normalized spacial score (nSPS) is 22.8. The summed E-state index contributed by atoms with van der Waals surface area (Å²) in [6.45, 7) is 20.9. The van der Waals surface area contributed by atoms with E-state index in [9.17, 15) is 4.79 Å². The van der Waals surface area contributed by atoms with Crippen LogP contribution >= 0.6 is 11.9 Å². The Morgan fingerprint density at radius 1 is 0.976 bits per heavy atom. The third-order valence-corrected chi connectivity index (χ3v) is 9.49. The molecular weight excluding hydrogens is 540 g/mol. The van der Waals surface area contributed by atoms with Gasteiger partial charge < -0.3 is 10.2 Å². The lowest BCUT2D eigenvalue weighted by molar-refractivity contribution is 0.0984. The summed E-state index contributed by atoms with van der Waals surface area (Å²) in [5, 5.41) is 4.42. The topological polar surface area (TPSA) is 83.0 Å². The van der Waals surface area contributed by atoms with Gasteiger partial charge in [-0.1, -0.05) is 60.6 Å². The molecule has 2 aliphatic heterocycles. The minimum atomic E-state index is -0.161. The fourth-order valence-corrected chi connectivity index (χ4v) is 6.66. The molecule has 1 fully saturated rings. The zero-order valence-corrected chi connectivity index (χ0v) is 27.4. The van der Waals surface area contributed by atoms with E-state index in [1.165, 1.54) is 17.5 Å². The number of carbonyl (C=O) groups excluding carboxylic acids is 1. The maximum Gasteiger partial charge on any atom is 0.265 e. The minimum Gasteiger partial charge on any atom is -0.362 e. The number of anilines is 2. The molecule has 0 aromatic carbocycles. The number of nitrogens with one attached hydrogen (secondary N) is 2. The number of pyridine rings is 3. The zero-order chi connectivity index (χ0) is 30.4. The molecule has 4 bridgehead atoms. The molecule has 3 atom stereocenters. The molecule has 5 heterocycles. The second kappa shape index (κ2) is 11.2. The number of hydrogen-bond acceptors (Lipinski definition) is 7. The Balaban J connectivity index is 1.57. The van der Waals surface area contributed by atoms with Crippen molar-refractivity contribution in [2.75, 3.05) is 16.8 Å². The first-order valence-corrected chi connectivity index (χ1v) is 15.9. The summed E-state index contributed by atoms with van der Waals surface area (Å²) in [5.41, 5.74) is 3.58. The molecule has 224 valence electrons. The number of nitrogens with zero attached hydrogens (tertiary/aromatic N) is 4. The summed E-state index contributed by atoms with van der Waals surface area (Å²) in [5.74, 6) is 2.19. The summed E-state index contributed by atoms with van der Waals surface area (Å²) in [7, 11) is 0. The highest BCUT2D eigenvalue weighted by molar-refractivity contribution is 7.97. The molecule has 0 saturated carbocycles. The Morgan fingerprint density at radius 2 is 1.74 bits per heavy atom. The van der Waals surface area contributed by atoms with E-state index in [0.717, 1.165) is 42.4 Å². The molecule has 0 spiro atoms. The summed E-state index contributed by atoms with van der Waals surface area (Å²) in [6.07, 6.45) is 3.94. The van der Waals surface area contributed by atoms with Crippen LogP contribution in [0.3, 0.4) is 0 Å². The summed E-state index contributed by atoms with van der Waals surface area (Å²) in [4.78, 5) is 30.9. The largest absolute Gasteiger partial charge is 0.362 e. The molecule has 1 unspecified atom stereocenters. The molecular formula is C34H46N6OS. The molecule has 2 N–H and O–H groups in total. The highest BCUT2D eigenvalue weighted by Crippen LogP contribution is 2.43. The van der Waals surface area contributed by atoms with Crippen molar-refractivity contribution in [3.8, 4) is 0 Å². The average Bonchev–Trinajstić information content (AvgIpc) is 3.24. The van der Waals surface area contributed by atoms with Gasteiger partial charge in [-0.25, -0.2) is 9.97 Å². The van der Waals surface area contributed by atoms with Gasteiger partial charge in [0.25, 0.3) is 5.91 Å². The second-order valence-electron chi connectivity index (χ2n) is 14.7. The van der Waals surface area contributed by atoms with Crippen molar-refractivity contribution < 1.29 is 4.79 Å². The van der Waals surface area contributed by atoms with Gasteiger partial charge in [-0.2, -0.15) is 0 Å². The van der Waals surface area contributed by atoms with Gasteiger partial charge in [0.2, 0.25) is 0 Å². The number of hydrogen-bond donors (Lipinski definition) is 2. The number of fused-ring (bicyclic) bond motifs is 6. The van der Waals surface area contributed by atoms with Crippen molar-refractivity contribution in [1.29, 1.82) is 0 Å². The molecule has 5 rings (SSSR count). The molecule has 2 aliphatic rings. The molecule has 0 aliphatic carbocycles. The van der Waals surface area contributed by atoms with Crippen LogP contribution < -0.4 is 14.9 Å². The van der Waals surface area contributed by atoms with E-state index in [2.05, 4.69) is 89.4 Å². The van der Waals surface area contributed by atoms with Gasteiger partial charge in [0.15, 0.2) is 0 Å². The smallest absolute Gasteiger partial charge is 0.265 e. The highest BCUT2D eigenvalue weighted by atomic mass is 32.2. The van der Waals surface area contributed by atoms with Crippen LogP contribution in [0.2, 0.25) is 0 Å². The fraction of sp³-hybridized carbons (Fsp3) is 0.529. The first-order chi connectivity index (χ1) is 19.6. The number of carbonyl (C=O) groups is 1. The van der Waals surface area contributed by atoms with Crippen molar-refractivity contribution in [3.63, 3.8) is 0 Å². The van der Waals surface area contributed by atoms with Crippen molar-refractivity contribution in [1.82, 2.24) is 19.7 Å². The van der Waals surface area contributed by atoms with Crippen LogP contribution in [0.25, 0.3) is 0 Å². The fourth-order valence-electron chi connectivity index (χ4n) is 6.06. The summed E-state index contributed by atoms with van der Waals surface area (Å²) >= 11 is 1.23. The minimum absolute atomic E-state index is 0.00319. The maximum absolute atomic E-state index is 13.6. The third kappa shape index (κ3) is 6.43. The lowest BCUT2D eigenvalue weighted by Crippen LogP contribution is -2.40. The van der Waals surface area contributed by atoms with Gasteiger partial charge in [-0.05, 0) is 79.8 Å². The molecule has 0 radical (unpaired) electrons. The zero-order valence-electron chi connectivity index (χ0n) is 26.6. The van der Waals surface area contributed by atoms with E-state index in [1.54, 1.807) is 0 Å². The van der Waals surface area contributed by atoms with Crippen LogP contribution in [0.5, 0.6) is 0 Å². The van der Waals surface area contributed by atoms with E-state index >= 15 is 0 Å². The Bertz CT molecular complexity index is 1440. The Hall–Kier alpha value is -3.13. The molecule has 1 saturated heterocycles. The van der Waals surface area contributed by atoms with Crippen LogP contribution in [0, 0.1) is 11.8 Å². The van der Waals surface area contributed by atoms with Gasteiger partial charge in [0.05, 0.1) is 17.3 Å². The van der Waals surface area contributed by atoms with Crippen LogP contribution in [-0.2, 0) is 10.8 Å². The van der Waals surface area contributed by atoms with Crippen LogP contribution in [-0.4, -0.2) is 32.9 Å². The number of amides is 1. The average molecular weight is 587 g/mol. The van der Waals surface area contributed by atoms with Crippen LogP contribution in [0.4, 0.5) is 11.6 Å². The molecule has 8 heteroatoms. The first kappa shape index (κ1) is 30.3.